The van der Waals surface area contributed by atoms with Crippen molar-refractivity contribution in [2.24, 2.45) is 23.2 Å². The van der Waals surface area contributed by atoms with Crippen molar-refractivity contribution in [1.82, 2.24) is 10.2 Å². The van der Waals surface area contributed by atoms with Gasteiger partial charge in [-0.05, 0) is 75.3 Å². The molecule has 1 N–H and O–H groups in total. The number of hydrogen-bond donors (Lipinski definition) is 1. The molecule has 0 saturated heterocycles. The Hall–Kier alpha value is -0.0800. The van der Waals surface area contributed by atoms with Crippen LogP contribution in [0.15, 0.2) is 0 Å². The second-order valence-corrected chi connectivity index (χ2v) is 8.73. The smallest absolute Gasteiger partial charge is 0.0105 e. The molecule has 0 heterocycles. The Morgan fingerprint density at radius 1 is 1.05 bits per heavy atom. The van der Waals surface area contributed by atoms with E-state index >= 15 is 0 Å². The third kappa shape index (κ3) is 5.25. The summed E-state index contributed by atoms with van der Waals surface area (Å²) in [6, 6.07) is 0.738. The third-order valence-electron chi connectivity index (χ3n) is 5.82. The maximum atomic E-state index is 3.62. The molecule has 0 aliphatic heterocycles. The van der Waals surface area contributed by atoms with E-state index in [9.17, 15) is 0 Å². The van der Waals surface area contributed by atoms with Gasteiger partial charge in [-0.2, -0.15) is 0 Å². The maximum Gasteiger partial charge on any atom is 0.0105 e. The molecule has 0 radical (unpaired) electrons. The fourth-order valence-corrected chi connectivity index (χ4v) is 4.20. The summed E-state index contributed by atoms with van der Waals surface area (Å²) in [4.78, 5) is 2.78. The van der Waals surface area contributed by atoms with Gasteiger partial charge in [-0.3, -0.25) is 0 Å². The van der Waals surface area contributed by atoms with Crippen LogP contribution in [0.2, 0.25) is 0 Å². The van der Waals surface area contributed by atoms with Crippen LogP contribution in [0.5, 0.6) is 0 Å². The number of nitrogens with zero attached hydrogens (tertiary/aromatic N) is 1. The molecule has 2 nitrogen and oxygen atoms in total. The summed E-state index contributed by atoms with van der Waals surface area (Å²) in [6.45, 7) is 13.6. The summed E-state index contributed by atoms with van der Waals surface area (Å²) < 4.78 is 0. The molecule has 2 rings (SSSR count). The largest absolute Gasteiger partial charge is 0.317 e. The Balaban J connectivity index is 1.94. The van der Waals surface area contributed by atoms with Gasteiger partial charge < -0.3 is 10.2 Å². The SMILES string of the molecule is CCCN(CC1CC1)CC1CC(C(C)(C)C)CCC1NC. The summed E-state index contributed by atoms with van der Waals surface area (Å²) in [5.74, 6) is 2.77. The molecular weight excluding hydrogens is 256 g/mol. The number of nitrogens with one attached hydrogen (secondary N) is 1. The van der Waals surface area contributed by atoms with Crippen LogP contribution < -0.4 is 5.32 Å². The van der Waals surface area contributed by atoms with Gasteiger partial charge in [0.2, 0.25) is 0 Å². The zero-order valence-electron chi connectivity index (χ0n) is 15.1. The number of rotatable bonds is 7. The minimum atomic E-state index is 0.475. The Bertz CT molecular complexity index is 303. The van der Waals surface area contributed by atoms with E-state index in [0.29, 0.717) is 5.41 Å². The molecule has 3 unspecified atom stereocenters. The third-order valence-corrected chi connectivity index (χ3v) is 5.82. The molecule has 3 atom stereocenters. The summed E-state index contributed by atoms with van der Waals surface area (Å²) in [7, 11) is 2.17. The Morgan fingerprint density at radius 3 is 2.29 bits per heavy atom. The predicted octanol–water partition coefficient (Wildman–Crippen LogP) is 4.16. The molecule has 2 heteroatoms. The average molecular weight is 295 g/mol. The van der Waals surface area contributed by atoms with Crippen LogP contribution in [-0.2, 0) is 0 Å². The van der Waals surface area contributed by atoms with Crippen molar-refractivity contribution in [3.05, 3.63) is 0 Å². The lowest BCUT2D eigenvalue weighted by Crippen LogP contribution is -2.46. The first-order valence-electron chi connectivity index (χ1n) is 9.33. The predicted molar refractivity (Wildman–Crippen MR) is 92.6 cm³/mol. The van der Waals surface area contributed by atoms with Crippen molar-refractivity contribution < 1.29 is 0 Å². The molecule has 2 fully saturated rings. The van der Waals surface area contributed by atoms with Crippen LogP contribution in [0.25, 0.3) is 0 Å². The van der Waals surface area contributed by atoms with E-state index in [1.165, 1.54) is 58.2 Å². The normalized spacial score (nSPS) is 30.9. The molecule has 0 amide bonds. The van der Waals surface area contributed by atoms with E-state index in [1.807, 2.05) is 0 Å². The molecule has 0 bridgehead atoms. The first-order chi connectivity index (χ1) is 9.94. The lowest BCUT2D eigenvalue weighted by atomic mass is 9.67. The summed E-state index contributed by atoms with van der Waals surface area (Å²) in [6.07, 6.45) is 8.44. The second kappa shape index (κ2) is 7.46. The lowest BCUT2D eigenvalue weighted by Gasteiger charge is -2.43. The topological polar surface area (TPSA) is 15.3 Å². The quantitative estimate of drug-likeness (QED) is 0.758. The standard InChI is InChI=1S/C19H38N2/c1-6-11-21(13-15-7-8-15)14-16-12-17(19(2,3)4)9-10-18(16)20-5/h15-18,20H,6-14H2,1-5H3. The molecule has 0 aromatic rings. The average Bonchev–Trinajstić information content (AvgIpc) is 3.22. The molecule has 21 heavy (non-hydrogen) atoms. The van der Waals surface area contributed by atoms with Crippen LogP contribution >= 0.6 is 0 Å². The van der Waals surface area contributed by atoms with Crippen molar-refractivity contribution in [2.75, 3.05) is 26.7 Å². The van der Waals surface area contributed by atoms with Gasteiger partial charge in [-0.1, -0.05) is 27.7 Å². The van der Waals surface area contributed by atoms with Gasteiger partial charge >= 0.3 is 0 Å². The van der Waals surface area contributed by atoms with Crippen LogP contribution in [0.3, 0.4) is 0 Å². The lowest BCUT2D eigenvalue weighted by molar-refractivity contribution is 0.0881. The zero-order valence-corrected chi connectivity index (χ0v) is 15.1. The van der Waals surface area contributed by atoms with Crippen LogP contribution in [-0.4, -0.2) is 37.6 Å². The highest BCUT2D eigenvalue weighted by molar-refractivity contribution is 4.90. The molecule has 2 aliphatic carbocycles. The monoisotopic (exact) mass is 294 g/mol. The van der Waals surface area contributed by atoms with Crippen molar-refractivity contribution in [3.8, 4) is 0 Å². The highest BCUT2D eigenvalue weighted by Crippen LogP contribution is 2.41. The van der Waals surface area contributed by atoms with Gasteiger partial charge in [0.05, 0.1) is 0 Å². The van der Waals surface area contributed by atoms with E-state index in [4.69, 9.17) is 0 Å². The van der Waals surface area contributed by atoms with Crippen LogP contribution in [0.1, 0.15) is 66.2 Å². The van der Waals surface area contributed by atoms with E-state index < -0.39 is 0 Å². The highest BCUT2D eigenvalue weighted by atomic mass is 15.1. The Morgan fingerprint density at radius 2 is 1.76 bits per heavy atom. The molecular formula is C19H38N2. The van der Waals surface area contributed by atoms with E-state index in [2.05, 4.69) is 45.0 Å². The molecule has 0 aromatic heterocycles. The molecule has 0 spiro atoms. The molecule has 124 valence electrons. The summed E-state index contributed by atoms with van der Waals surface area (Å²) in [5, 5.41) is 3.62. The van der Waals surface area contributed by atoms with E-state index in [-0.39, 0.29) is 0 Å². The van der Waals surface area contributed by atoms with E-state index in [0.717, 1.165) is 23.8 Å². The maximum absolute atomic E-state index is 3.62. The van der Waals surface area contributed by atoms with Crippen LogP contribution in [0.4, 0.5) is 0 Å². The highest BCUT2D eigenvalue weighted by Gasteiger charge is 2.36. The second-order valence-electron chi connectivity index (χ2n) is 8.73. The molecule has 0 aromatic carbocycles. The minimum Gasteiger partial charge on any atom is -0.317 e. The Kier molecular flexibility index (Phi) is 6.14. The van der Waals surface area contributed by atoms with Crippen molar-refractivity contribution in [3.63, 3.8) is 0 Å². The Labute approximate surface area is 133 Å². The van der Waals surface area contributed by atoms with Gasteiger partial charge in [-0.25, -0.2) is 0 Å². The first-order valence-corrected chi connectivity index (χ1v) is 9.33. The number of hydrogen-bond acceptors (Lipinski definition) is 2. The fourth-order valence-electron chi connectivity index (χ4n) is 4.20. The van der Waals surface area contributed by atoms with Gasteiger partial charge in [0.25, 0.3) is 0 Å². The molecule has 2 saturated carbocycles. The van der Waals surface area contributed by atoms with Gasteiger partial charge in [0.1, 0.15) is 0 Å². The van der Waals surface area contributed by atoms with Gasteiger partial charge in [0, 0.05) is 19.1 Å². The molecule has 2 aliphatic rings. The fraction of sp³-hybridized carbons (Fsp3) is 1.00. The van der Waals surface area contributed by atoms with Crippen molar-refractivity contribution >= 4 is 0 Å². The summed E-state index contributed by atoms with van der Waals surface area (Å²) >= 11 is 0. The van der Waals surface area contributed by atoms with Crippen molar-refractivity contribution in [2.45, 2.75) is 72.3 Å². The first kappa shape index (κ1) is 17.3. The summed E-state index contributed by atoms with van der Waals surface area (Å²) in [5.41, 5.74) is 0.475. The zero-order chi connectivity index (χ0) is 15.5. The minimum absolute atomic E-state index is 0.475. The van der Waals surface area contributed by atoms with Gasteiger partial charge in [0.15, 0.2) is 0 Å². The van der Waals surface area contributed by atoms with Crippen molar-refractivity contribution in [1.29, 1.82) is 0 Å². The van der Waals surface area contributed by atoms with E-state index in [1.54, 1.807) is 0 Å². The van der Waals surface area contributed by atoms with Crippen LogP contribution in [0, 0.1) is 23.2 Å². The van der Waals surface area contributed by atoms with Gasteiger partial charge in [-0.15, -0.1) is 0 Å².